The smallest absolute Gasteiger partial charge is 0.404 e. The van der Waals surface area contributed by atoms with Gasteiger partial charge in [-0.15, -0.1) is 0 Å². The van der Waals surface area contributed by atoms with Crippen molar-refractivity contribution < 1.29 is 27.6 Å². The Morgan fingerprint density at radius 2 is 1.94 bits per heavy atom. The fourth-order valence-electron chi connectivity index (χ4n) is 1.12. The van der Waals surface area contributed by atoms with Crippen molar-refractivity contribution in [2.45, 2.75) is 18.1 Å². The van der Waals surface area contributed by atoms with Crippen molar-refractivity contribution in [3.05, 3.63) is 29.8 Å². The molecule has 1 aromatic rings. The minimum atomic E-state index is -4.11. The number of hydrogen-bond donors (Lipinski definition) is 3. The maximum absolute atomic E-state index is 11.6. The predicted octanol–water partition coefficient (Wildman–Crippen LogP) is 0.286. The molecule has 1 rings (SSSR count). The maximum atomic E-state index is 11.6. The van der Waals surface area contributed by atoms with Crippen molar-refractivity contribution in [1.29, 1.82) is 0 Å². The molecule has 0 fully saturated rings. The highest BCUT2D eigenvalue weighted by Gasteiger charge is 2.20. The van der Waals surface area contributed by atoms with Crippen LogP contribution in [-0.2, 0) is 14.3 Å². The zero-order valence-electron chi connectivity index (χ0n) is 9.53. The Morgan fingerprint density at radius 3 is 2.44 bits per heavy atom. The van der Waals surface area contributed by atoms with Crippen LogP contribution in [0.25, 0.3) is 0 Å². The average Bonchev–Trinajstić information content (AvgIpc) is 2.26. The van der Waals surface area contributed by atoms with Crippen molar-refractivity contribution in [3.8, 4) is 0 Å². The van der Waals surface area contributed by atoms with E-state index in [0.29, 0.717) is 0 Å². The molecular formula is C10H13NO6S. The number of aliphatic hydroxyl groups excluding tert-OH is 1. The van der Waals surface area contributed by atoms with Gasteiger partial charge in [0.2, 0.25) is 0 Å². The second kappa shape index (κ2) is 5.80. The molecule has 0 aliphatic carbocycles. The van der Waals surface area contributed by atoms with Gasteiger partial charge in [0.25, 0.3) is 10.1 Å². The second-order valence-electron chi connectivity index (χ2n) is 3.50. The number of nitrogens with one attached hydrogen (secondary N) is 1. The SMILES string of the molecule is Cc1ccc(S(=O)(=O)OC(O)CNC(=O)O)cc1. The largest absolute Gasteiger partial charge is 0.465 e. The number of hydrogen-bond acceptors (Lipinski definition) is 5. The van der Waals surface area contributed by atoms with E-state index in [1.54, 1.807) is 24.4 Å². The van der Waals surface area contributed by atoms with E-state index in [1.165, 1.54) is 12.1 Å². The van der Waals surface area contributed by atoms with Gasteiger partial charge in [-0.2, -0.15) is 8.42 Å². The normalized spacial score (nSPS) is 13.0. The van der Waals surface area contributed by atoms with Crippen LogP contribution in [0.1, 0.15) is 5.56 Å². The molecule has 0 saturated heterocycles. The molecule has 1 aromatic carbocycles. The van der Waals surface area contributed by atoms with Gasteiger partial charge in [0.05, 0.1) is 11.4 Å². The monoisotopic (exact) mass is 275 g/mol. The van der Waals surface area contributed by atoms with Gasteiger partial charge < -0.3 is 15.5 Å². The first kappa shape index (κ1) is 14.4. The third-order valence-corrected chi connectivity index (χ3v) is 3.30. The van der Waals surface area contributed by atoms with E-state index in [2.05, 4.69) is 4.18 Å². The topological polar surface area (TPSA) is 113 Å². The first-order valence-corrected chi connectivity index (χ1v) is 6.37. The maximum Gasteiger partial charge on any atom is 0.404 e. The van der Waals surface area contributed by atoms with Crippen LogP contribution in [0.5, 0.6) is 0 Å². The molecule has 100 valence electrons. The second-order valence-corrected chi connectivity index (χ2v) is 5.08. The van der Waals surface area contributed by atoms with Gasteiger partial charge in [0.15, 0.2) is 6.29 Å². The Bertz CT molecular complexity index is 510. The van der Waals surface area contributed by atoms with Crippen LogP contribution >= 0.6 is 0 Å². The van der Waals surface area contributed by atoms with E-state index < -0.39 is 29.0 Å². The molecular weight excluding hydrogens is 262 g/mol. The molecule has 18 heavy (non-hydrogen) atoms. The van der Waals surface area contributed by atoms with Crippen molar-refractivity contribution in [1.82, 2.24) is 5.32 Å². The highest BCUT2D eigenvalue weighted by Crippen LogP contribution is 2.14. The van der Waals surface area contributed by atoms with Crippen LogP contribution in [0.4, 0.5) is 4.79 Å². The van der Waals surface area contributed by atoms with Gasteiger partial charge in [-0.25, -0.2) is 8.98 Å². The summed E-state index contributed by atoms with van der Waals surface area (Å²) in [6.07, 6.45) is -3.15. The number of carboxylic acid groups (broad SMARTS) is 1. The molecule has 0 aliphatic heterocycles. The Balaban J connectivity index is 2.70. The van der Waals surface area contributed by atoms with Crippen LogP contribution in [0.2, 0.25) is 0 Å². The first-order valence-electron chi connectivity index (χ1n) is 4.96. The van der Waals surface area contributed by atoms with Crippen molar-refractivity contribution >= 4 is 16.2 Å². The molecule has 1 atom stereocenters. The van der Waals surface area contributed by atoms with Crippen LogP contribution < -0.4 is 5.32 Å². The van der Waals surface area contributed by atoms with Gasteiger partial charge in [-0.3, -0.25) is 0 Å². The van der Waals surface area contributed by atoms with Gasteiger partial charge in [0.1, 0.15) is 0 Å². The third kappa shape index (κ3) is 4.32. The quantitative estimate of drug-likeness (QED) is 0.525. The number of rotatable bonds is 5. The summed E-state index contributed by atoms with van der Waals surface area (Å²) in [6, 6.07) is 5.83. The van der Waals surface area contributed by atoms with Gasteiger partial charge in [0, 0.05) is 0 Å². The summed E-state index contributed by atoms with van der Waals surface area (Å²) in [5.74, 6) is 0. The fourth-order valence-corrected chi connectivity index (χ4v) is 2.06. The number of aryl methyl sites for hydroxylation is 1. The number of amides is 1. The van der Waals surface area contributed by atoms with Crippen LogP contribution in [0.15, 0.2) is 29.2 Å². The lowest BCUT2D eigenvalue weighted by atomic mass is 10.2. The van der Waals surface area contributed by atoms with Crippen molar-refractivity contribution in [2.75, 3.05) is 6.54 Å². The summed E-state index contributed by atoms with van der Waals surface area (Å²) in [5, 5.41) is 19.3. The predicted molar refractivity (Wildman–Crippen MR) is 61.5 cm³/mol. The number of benzene rings is 1. The molecule has 0 bridgehead atoms. The summed E-state index contributed by atoms with van der Waals surface area (Å²) in [6.45, 7) is 1.25. The molecule has 8 heteroatoms. The molecule has 0 spiro atoms. The van der Waals surface area contributed by atoms with Gasteiger partial charge in [-0.05, 0) is 19.1 Å². The lowest BCUT2D eigenvalue weighted by Crippen LogP contribution is -2.33. The van der Waals surface area contributed by atoms with Crippen LogP contribution in [0.3, 0.4) is 0 Å². The average molecular weight is 275 g/mol. The molecule has 1 unspecified atom stereocenters. The summed E-state index contributed by atoms with van der Waals surface area (Å²) < 4.78 is 27.7. The summed E-state index contributed by atoms with van der Waals surface area (Å²) in [4.78, 5) is 10.0. The van der Waals surface area contributed by atoms with Crippen LogP contribution in [0, 0.1) is 6.92 Å². The van der Waals surface area contributed by atoms with E-state index in [0.717, 1.165) is 5.56 Å². The molecule has 0 aromatic heterocycles. The summed E-state index contributed by atoms with van der Waals surface area (Å²) in [7, 11) is -4.11. The van der Waals surface area contributed by atoms with Gasteiger partial charge in [-0.1, -0.05) is 17.7 Å². The molecule has 0 saturated carbocycles. The lowest BCUT2D eigenvalue weighted by molar-refractivity contribution is -0.00903. The Labute approximate surface area is 104 Å². The molecule has 0 radical (unpaired) electrons. The Morgan fingerprint density at radius 1 is 1.39 bits per heavy atom. The number of aliphatic hydroxyl groups is 1. The molecule has 1 amide bonds. The third-order valence-electron chi connectivity index (χ3n) is 1.98. The minimum absolute atomic E-state index is 0.109. The molecule has 0 aliphatic rings. The minimum Gasteiger partial charge on any atom is -0.465 e. The highest BCUT2D eigenvalue weighted by molar-refractivity contribution is 7.86. The standard InChI is InChI=1S/C10H13NO6S/c1-7-2-4-8(5-3-7)18(15,16)17-9(12)6-11-10(13)14/h2-5,9,11-12H,6H2,1H3,(H,13,14). The van der Waals surface area contributed by atoms with E-state index in [1.807, 2.05) is 0 Å². The highest BCUT2D eigenvalue weighted by atomic mass is 32.2. The Hall–Kier alpha value is -1.64. The van der Waals surface area contributed by atoms with E-state index in [4.69, 9.17) is 5.11 Å². The van der Waals surface area contributed by atoms with Crippen LogP contribution in [-0.4, -0.2) is 37.6 Å². The number of carbonyl (C=O) groups is 1. The van der Waals surface area contributed by atoms with E-state index in [-0.39, 0.29) is 4.90 Å². The first-order chi connectivity index (χ1) is 8.31. The lowest BCUT2D eigenvalue weighted by Gasteiger charge is -2.11. The molecule has 3 N–H and O–H groups in total. The van der Waals surface area contributed by atoms with Gasteiger partial charge >= 0.3 is 6.09 Å². The fraction of sp³-hybridized carbons (Fsp3) is 0.300. The van der Waals surface area contributed by atoms with E-state index in [9.17, 15) is 18.3 Å². The van der Waals surface area contributed by atoms with Crippen molar-refractivity contribution in [3.63, 3.8) is 0 Å². The van der Waals surface area contributed by atoms with E-state index >= 15 is 0 Å². The summed E-state index contributed by atoms with van der Waals surface area (Å²) >= 11 is 0. The zero-order valence-corrected chi connectivity index (χ0v) is 10.3. The summed E-state index contributed by atoms with van der Waals surface area (Å²) in [5.41, 5.74) is 0.877. The van der Waals surface area contributed by atoms with Crippen molar-refractivity contribution in [2.24, 2.45) is 0 Å². The zero-order chi connectivity index (χ0) is 13.8. The molecule has 7 nitrogen and oxygen atoms in total. The molecule has 0 heterocycles. The Kier molecular flexibility index (Phi) is 4.65.